The van der Waals surface area contributed by atoms with Gasteiger partial charge >= 0.3 is 0 Å². The van der Waals surface area contributed by atoms with Crippen LogP contribution in [0.15, 0.2) is 0 Å². The molecule has 3 heteroatoms. The Balaban J connectivity index is 1.94. The molecule has 2 fully saturated rings. The first-order valence-electron chi connectivity index (χ1n) is 6.52. The number of hydrogen-bond donors (Lipinski definition) is 1. The smallest absolute Gasteiger partial charge is 0.0863 e. The molecule has 1 saturated carbocycles. The monoisotopic (exact) mass is 227 g/mol. The maximum Gasteiger partial charge on any atom is 0.0863 e. The molecule has 1 aliphatic heterocycles. The zero-order valence-corrected chi connectivity index (χ0v) is 11.0. The van der Waals surface area contributed by atoms with Gasteiger partial charge in [-0.15, -0.1) is 0 Å². The zero-order valence-electron chi connectivity index (χ0n) is 11.0. The summed E-state index contributed by atoms with van der Waals surface area (Å²) in [5.74, 6) is 0.545. The number of morpholine rings is 1. The Bertz CT molecular complexity index is 248. The van der Waals surface area contributed by atoms with Gasteiger partial charge in [-0.1, -0.05) is 13.8 Å². The number of rotatable bonds is 3. The van der Waals surface area contributed by atoms with Gasteiger partial charge in [0.25, 0.3) is 0 Å². The van der Waals surface area contributed by atoms with Gasteiger partial charge in [-0.3, -0.25) is 0 Å². The minimum atomic E-state index is -0.0184. The highest BCUT2D eigenvalue weighted by molar-refractivity contribution is 5.04. The summed E-state index contributed by atoms with van der Waals surface area (Å²) in [5, 5.41) is 3.53. The topological polar surface area (TPSA) is 30.5 Å². The third-order valence-electron chi connectivity index (χ3n) is 4.20. The van der Waals surface area contributed by atoms with Crippen molar-refractivity contribution in [1.82, 2.24) is 5.32 Å². The van der Waals surface area contributed by atoms with E-state index in [9.17, 15) is 0 Å². The molecule has 1 atom stereocenters. The van der Waals surface area contributed by atoms with Crippen molar-refractivity contribution >= 4 is 0 Å². The average molecular weight is 227 g/mol. The summed E-state index contributed by atoms with van der Waals surface area (Å²) in [7, 11) is 0. The third kappa shape index (κ3) is 2.13. The second-order valence-corrected chi connectivity index (χ2v) is 5.84. The number of hydrogen-bond acceptors (Lipinski definition) is 3. The van der Waals surface area contributed by atoms with Crippen LogP contribution < -0.4 is 5.32 Å². The van der Waals surface area contributed by atoms with Gasteiger partial charge in [0.05, 0.1) is 17.3 Å². The van der Waals surface area contributed by atoms with Crippen LogP contribution in [0.1, 0.15) is 40.5 Å². The Morgan fingerprint density at radius 3 is 2.62 bits per heavy atom. The summed E-state index contributed by atoms with van der Waals surface area (Å²) in [5.41, 5.74) is 0.0343. The molecule has 0 aromatic rings. The Labute approximate surface area is 98.9 Å². The second-order valence-electron chi connectivity index (χ2n) is 5.84. The lowest BCUT2D eigenvalue weighted by Crippen LogP contribution is -2.67. The minimum Gasteiger partial charge on any atom is -0.378 e. The Hall–Kier alpha value is -0.120. The molecule has 1 spiro atoms. The van der Waals surface area contributed by atoms with E-state index in [0.717, 1.165) is 32.5 Å². The van der Waals surface area contributed by atoms with Crippen LogP contribution in [0.25, 0.3) is 0 Å². The molecule has 94 valence electrons. The first-order valence-corrected chi connectivity index (χ1v) is 6.52. The minimum absolute atomic E-state index is 0.0184. The normalized spacial score (nSPS) is 43.7. The molecule has 1 N–H and O–H groups in total. The highest BCUT2D eigenvalue weighted by Gasteiger charge is 2.52. The van der Waals surface area contributed by atoms with E-state index in [-0.39, 0.29) is 11.2 Å². The van der Waals surface area contributed by atoms with Crippen LogP contribution in [0.4, 0.5) is 0 Å². The van der Waals surface area contributed by atoms with Crippen molar-refractivity contribution in [3.05, 3.63) is 0 Å². The van der Waals surface area contributed by atoms with Gasteiger partial charge in [0.2, 0.25) is 0 Å². The van der Waals surface area contributed by atoms with Gasteiger partial charge in [0.15, 0.2) is 0 Å². The maximum absolute atomic E-state index is 6.39. The largest absolute Gasteiger partial charge is 0.378 e. The highest BCUT2D eigenvalue weighted by atomic mass is 16.5. The van der Waals surface area contributed by atoms with Crippen molar-refractivity contribution in [3.63, 3.8) is 0 Å². The number of ether oxygens (including phenoxy) is 2. The lowest BCUT2D eigenvalue weighted by molar-refractivity contribution is -0.251. The molecular weight excluding hydrogens is 202 g/mol. The van der Waals surface area contributed by atoms with E-state index in [4.69, 9.17) is 9.47 Å². The molecule has 2 aliphatic rings. The van der Waals surface area contributed by atoms with Gasteiger partial charge in [-0.2, -0.15) is 0 Å². The maximum atomic E-state index is 6.39. The van der Waals surface area contributed by atoms with Crippen LogP contribution in [0.3, 0.4) is 0 Å². The quantitative estimate of drug-likeness (QED) is 0.799. The summed E-state index contributed by atoms with van der Waals surface area (Å²) >= 11 is 0. The molecule has 16 heavy (non-hydrogen) atoms. The molecule has 0 aromatic carbocycles. The second kappa shape index (κ2) is 4.28. The van der Waals surface area contributed by atoms with Crippen LogP contribution in [0.5, 0.6) is 0 Å². The molecule has 0 aromatic heterocycles. The average Bonchev–Trinajstić information content (AvgIpc) is 2.16. The van der Waals surface area contributed by atoms with Crippen molar-refractivity contribution in [1.29, 1.82) is 0 Å². The summed E-state index contributed by atoms with van der Waals surface area (Å²) in [6.07, 6.45) is 2.52. The lowest BCUT2D eigenvalue weighted by atomic mass is 9.74. The van der Waals surface area contributed by atoms with Crippen LogP contribution in [0.2, 0.25) is 0 Å². The predicted octanol–water partition coefficient (Wildman–Crippen LogP) is 1.96. The van der Waals surface area contributed by atoms with E-state index in [2.05, 4.69) is 33.0 Å². The summed E-state index contributed by atoms with van der Waals surface area (Å²) in [6, 6.07) is 0. The predicted molar refractivity (Wildman–Crippen MR) is 64.6 cm³/mol. The van der Waals surface area contributed by atoms with Crippen molar-refractivity contribution in [2.75, 3.05) is 19.7 Å². The molecule has 0 amide bonds. The van der Waals surface area contributed by atoms with Crippen LogP contribution in [0, 0.1) is 5.92 Å². The van der Waals surface area contributed by atoms with Crippen molar-refractivity contribution in [2.24, 2.45) is 5.92 Å². The molecule has 1 saturated heterocycles. The summed E-state index contributed by atoms with van der Waals surface area (Å²) < 4.78 is 12.0. The first-order chi connectivity index (χ1) is 7.50. The number of nitrogens with one attached hydrogen (secondary N) is 1. The van der Waals surface area contributed by atoms with E-state index in [1.165, 1.54) is 0 Å². The molecule has 1 unspecified atom stereocenters. The third-order valence-corrected chi connectivity index (χ3v) is 4.20. The molecule has 1 heterocycles. The standard InChI is InChI=1S/C13H25NO2/c1-5-15-11-6-13(7-11)9-14-8-12(4,16-13)10(2)3/h10-11,14H,5-9H2,1-4H3. The lowest BCUT2D eigenvalue weighted by Gasteiger charge is -2.56. The van der Waals surface area contributed by atoms with Gasteiger partial charge < -0.3 is 14.8 Å². The fourth-order valence-electron chi connectivity index (χ4n) is 2.78. The van der Waals surface area contributed by atoms with E-state index in [1.807, 2.05) is 0 Å². The molecule has 1 aliphatic carbocycles. The van der Waals surface area contributed by atoms with Crippen molar-refractivity contribution in [2.45, 2.75) is 57.8 Å². The fourth-order valence-corrected chi connectivity index (χ4v) is 2.78. The van der Waals surface area contributed by atoms with Gasteiger partial charge in [-0.25, -0.2) is 0 Å². The molecule has 0 bridgehead atoms. The van der Waals surface area contributed by atoms with E-state index in [0.29, 0.717) is 12.0 Å². The van der Waals surface area contributed by atoms with Crippen LogP contribution >= 0.6 is 0 Å². The summed E-state index contributed by atoms with van der Waals surface area (Å²) in [6.45, 7) is 11.5. The van der Waals surface area contributed by atoms with E-state index < -0.39 is 0 Å². The van der Waals surface area contributed by atoms with Crippen molar-refractivity contribution in [3.8, 4) is 0 Å². The van der Waals surface area contributed by atoms with Gasteiger partial charge in [-0.05, 0) is 19.8 Å². The SMILES string of the molecule is CCOC1CC2(CNCC(C)(C(C)C)O2)C1. The fraction of sp³-hybridized carbons (Fsp3) is 1.00. The van der Waals surface area contributed by atoms with Gasteiger partial charge in [0, 0.05) is 32.5 Å². The van der Waals surface area contributed by atoms with Crippen molar-refractivity contribution < 1.29 is 9.47 Å². The highest BCUT2D eigenvalue weighted by Crippen LogP contribution is 2.43. The zero-order chi connectivity index (χ0) is 11.8. The first kappa shape index (κ1) is 12.3. The van der Waals surface area contributed by atoms with Gasteiger partial charge in [0.1, 0.15) is 0 Å². The summed E-state index contributed by atoms with van der Waals surface area (Å²) in [4.78, 5) is 0. The van der Waals surface area contributed by atoms with E-state index in [1.54, 1.807) is 0 Å². The Morgan fingerprint density at radius 2 is 2.06 bits per heavy atom. The molecule has 3 nitrogen and oxygen atoms in total. The van der Waals surface area contributed by atoms with Crippen LogP contribution in [-0.2, 0) is 9.47 Å². The molecule has 0 radical (unpaired) electrons. The molecule has 2 rings (SSSR count). The Kier molecular flexibility index (Phi) is 3.30. The van der Waals surface area contributed by atoms with E-state index >= 15 is 0 Å². The van der Waals surface area contributed by atoms with Crippen LogP contribution in [-0.4, -0.2) is 37.0 Å². The molecular formula is C13H25NO2. The Morgan fingerprint density at radius 1 is 1.38 bits per heavy atom.